The third-order valence-corrected chi connectivity index (χ3v) is 6.45. The number of ether oxygens (including phenoxy) is 1. The van der Waals surface area contributed by atoms with Crippen LogP contribution in [-0.4, -0.2) is 52.8 Å². The van der Waals surface area contributed by atoms with Crippen LogP contribution in [0.3, 0.4) is 0 Å². The van der Waals surface area contributed by atoms with Crippen molar-refractivity contribution in [3.8, 4) is 5.75 Å². The van der Waals surface area contributed by atoms with Crippen molar-refractivity contribution in [2.24, 2.45) is 5.73 Å². The summed E-state index contributed by atoms with van der Waals surface area (Å²) in [6.45, 7) is -0.0292. The molecule has 2 amide bonds. The van der Waals surface area contributed by atoms with Crippen molar-refractivity contribution in [3.05, 3.63) is 101 Å². The predicted molar refractivity (Wildman–Crippen MR) is 137 cm³/mol. The molecule has 0 radical (unpaired) electrons. The fourth-order valence-corrected chi connectivity index (χ4v) is 4.55. The van der Waals surface area contributed by atoms with Crippen LogP contribution >= 0.6 is 0 Å². The Hall–Kier alpha value is -4.46. The molecular weight excluding hydrogens is 472 g/mol. The van der Waals surface area contributed by atoms with E-state index in [1.54, 1.807) is 35.2 Å². The quantitative estimate of drug-likeness (QED) is 0.410. The number of benzene rings is 3. The average Bonchev–Trinajstić information content (AvgIpc) is 3.40. The molecule has 3 aromatic carbocycles. The number of ketones is 1. The van der Waals surface area contributed by atoms with Crippen LogP contribution in [0, 0.1) is 0 Å². The lowest BCUT2D eigenvalue weighted by Crippen LogP contribution is -2.40. The van der Waals surface area contributed by atoms with Crippen LogP contribution in [0.25, 0.3) is 0 Å². The highest BCUT2D eigenvalue weighted by molar-refractivity contribution is 6.05. The summed E-state index contributed by atoms with van der Waals surface area (Å²) in [5.74, 6) is -1.70. The van der Waals surface area contributed by atoms with E-state index in [-0.39, 0.29) is 11.7 Å². The van der Waals surface area contributed by atoms with Crippen molar-refractivity contribution in [3.63, 3.8) is 0 Å². The zero-order valence-corrected chi connectivity index (χ0v) is 20.3. The molecular formula is C29H28N2O6. The summed E-state index contributed by atoms with van der Waals surface area (Å²) in [6.07, 6.45) is 2.49. The smallest absolute Gasteiger partial charge is 0.341 e. The molecule has 0 aliphatic carbocycles. The van der Waals surface area contributed by atoms with Crippen LogP contribution in [0.1, 0.15) is 55.0 Å². The van der Waals surface area contributed by atoms with E-state index >= 15 is 0 Å². The first kappa shape index (κ1) is 25.6. The minimum Gasteiger partial charge on any atom is -0.482 e. The number of carbonyl (C=O) groups excluding carboxylic acids is 3. The number of aliphatic carboxylic acids is 1. The Balaban J connectivity index is 1.55. The predicted octanol–water partition coefficient (Wildman–Crippen LogP) is 3.52. The van der Waals surface area contributed by atoms with E-state index in [9.17, 15) is 19.2 Å². The van der Waals surface area contributed by atoms with Crippen LogP contribution in [0.15, 0.2) is 72.8 Å². The molecule has 1 unspecified atom stereocenters. The molecule has 1 aliphatic rings. The highest BCUT2D eigenvalue weighted by Crippen LogP contribution is 2.27. The van der Waals surface area contributed by atoms with Crippen molar-refractivity contribution >= 4 is 23.6 Å². The van der Waals surface area contributed by atoms with Gasteiger partial charge in [-0.15, -0.1) is 0 Å². The zero-order chi connectivity index (χ0) is 26.4. The molecule has 1 heterocycles. The standard InChI is InChI=1S/C29H28N2O6/c30-28(35)20-10-12-21(13-11-20)29(36)31-16-4-7-24(31)27(34)23-14-15-25(37-18-26(32)33)22(17-23)9-8-19-5-2-1-3-6-19/h1-3,5-6,10-15,17,24H,4,7-9,16,18H2,(H2,30,35)(H,32,33). The maximum atomic E-state index is 13.6. The second-order valence-corrected chi connectivity index (χ2v) is 8.95. The first-order chi connectivity index (χ1) is 17.8. The number of likely N-dealkylation sites (tertiary alicyclic amines) is 1. The van der Waals surface area contributed by atoms with Gasteiger partial charge >= 0.3 is 5.97 Å². The summed E-state index contributed by atoms with van der Waals surface area (Å²) >= 11 is 0. The third kappa shape index (κ3) is 6.22. The van der Waals surface area contributed by atoms with E-state index in [0.29, 0.717) is 54.7 Å². The van der Waals surface area contributed by atoms with Gasteiger partial charge in [-0.2, -0.15) is 0 Å². The lowest BCUT2D eigenvalue weighted by atomic mass is 9.96. The molecule has 0 spiro atoms. The monoisotopic (exact) mass is 500 g/mol. The van der Waals surface area contributed by atoms with Gasteiger partial charge in [-0.1, -0.05) is 30.3 Å². The number of carbonyl (C=O) groups is 4. The van der Waals surface area contributed by atoms with Gasteiger partial charge in [0.15, 0.2) is 12.4 Å². The number of rotatable bonds is 10. The molecule has 4 rings (SSSR count). The van der Waals surface area contributed by atoms with E-state index in [1.807, 2.05) is 30.3 Å². The number of Topliss-reactive ketones (excluding diaryl/α,β-unsaturated/α-hetero) is 1. The Kier molecular flexibility index (Phi) is 7.98. The molecule has 3 aromatic rings. The molecule has 3 N–H and O–H groups in total. The minimum atomic E-state index is -1.09. The largest absolute Gasteiger partial charge is 0.482 e. The molecule has 0 bridgehead atoms. The first-order valence-corrected chi connectivity index (χ1v) is 12.1. The van der Waals surface area contributed by atoms with Gasteiger partial charge in [-0.25, -0.2) is 4.79 Å². The number of nitrogens with two attached hydrogens (primary N) is 1. The maximum absolute atomic E-state index is 13.6. The lowest BCUT2D eigenvalue weighted by Gasteiger charge is -2.24. The molecule has 8 heteroatoms. The van der Waals surface area contributed by atoms with Gasteiger partial charge in [0.1, 0.15) is 5.75 Å². The maximum Gasteiger partial charge on any atom is 0.341 e. The molecule has 8 nitrogen and oxygen atoms in total. The molecule has 190 valence electrons. The fourth-order valence-electron chi connectivity index (χ4n) is 4.55. The normalized spacial score (nSPS) is 14.8. The van der Waals surface area contributed by atoms with Gasteiger partial charge in [-0.3, -0.25) is 14.4 Å². The van der Waals surface area contributed by atoms with Crippen LogP contribution in [-0.2, 0) is 17.6 Å². The third-order valence-electron chi connectivity index (χ3n) is 6.45. The number of nitrogens with zero attached hydrogens (tertiary/aromatic N) is 1. The summed E-state index contributed by atoms with van der Waals surface area (Å²) in [4.78, 5) is 50.7. The number of aryl methyl sites for hydroxylation is 2. The fraction of sp³-hybridized carbons (Fsp3) is 0.241. The van der Waals surface area contributed by atoms with E-state index in [2.05, 4.69) is 0 Å². The number of carboxylic acid groups (broad SMARTS) is 1. The molecule has 37 heavy (non-hydrogen) atoms. The van der Waals surface area contributed by atoms with Crippen LogP contribution in [0.4, 0.5) is 0 Å². The Morgan fingerprint density at radius 2 is 1.57 bits per heavy atom. The molecule has 1 fully saturated rings. The summed E-state index contributed by atoms with van der Waals surface area (Å²) < 4.78 is 5.48. The number of amides is 2. The van der Waals surface area contributed by atoms with Gasteiger partial charge in [-0.05, 0) is 79.3 Å². The number of hydrogen-bond donors (Lipinski definition) is 2. The van der Waals surface area contributed by atoms with Crippen molar-refractivity contribution in [2.45, 2.75) is 31.7 Å². The molecule has 1 atom stereocenters. The number of primary amides is 1. The van der Waals surface area contributed by atoms with Crippen molar-refractivity contribution in [1.29, 1.82) is 0 Å². The van der Waals surface area contributed by atoms with Gasteiger partial charge in [0, 0.05) is 23.2 Å². The van der Waals surface area contributed by atoms with Gasteiger partial charge in [0.25, 0.3) is 5.91 Å². The van der Waals surface area contributed by atoms with Crippen molar-refractivity contribution in [1.82, 2.24) is 4.90 Å². The second kappa shape index (κ2) is 11.5. The average molecular weight is 501 g/mol. The van der Waals surface area contributed by atoms with Crippen LogP contribution in [0.2, 0.25) is 0 Å². The van der Waals surface area contributed by atoms with E-state index < -0.39 is 24.5 Å². The molecule has 1 aliphatic heterocycles. The minimum absolute atomic E-state index is 0.176. The van der Waals surface area contributed by atoms with Crippen molar-refractivity contribution < 1.29 is 29.0 Å². The molecule has 1 saturated heterocycles. The Labute approximate surface area is 214 Å². The summed E-state index contributed by atoms with van der Waals surface area (Å²) in [7, 11) is 0. The van der Waals surface area contributed by atoms with E-state index in [0.717, 1.165) is 11.1 Å². The summed E-state index contributed by atoms with van der Waals surface area (Å²) in [6, 6.07) is 20.3. The van der Waals surface area contributed by atoms with Crippen molar-refractivity contribution in [2.75, 3.05) is 13.2 Å². The van der Waals surface area contributed by atoms with Gasteiger partial charge < -0.3 is 20.5 Å². The van der Waals surface area contributed by atoms with Crippen LogP contribution in [0.5, 0.6) is 5.75 Å². The van der Waals surface area contributed by atoms with E-state index in [4.69, 9.17) is 15.6 Å². The second-order valence-electron chi connectivity index (χ2n) is 8.95. The SMILES string of the molecule is NC(=O)c1ccc(C(=O)N2CCCC2C(=O)c2ccc(OCC(=O)O)c(CCc3ccccc3)c2)cc1. The Morgan fingerprint density at radius 1 is 0.892 bits per heavy atom. The first-order valence-electron chi connectivity index (χ1n) is 12.1. The lowest BCUT2D eigenvalue weighted by molar-refractivity contribution is -0.139. The number of carboxylic acids is 1. The molecule has 0 aromatic heterocycles. The molecule has 0 saturated carbocycles. The number of hydrogen-bond acceptors (Lipinski definition) is 5. The van der Waals surface area contributed by atoms with Gasteiger partial charge in [0.05, 0.1) is 6.04 Å². The van der Waals surface area contributed by atoms with Gasteiger partial charge in [0.2, 0.25) is 5.91 Å². The summed E-state index contributed by atoms with van der Waals surface area (Å²) in [5.41, 5.74) is 8.25. The Bertz CT molecular complexity index is 1300. The van der Waals surface area contributed by atoms with E-state index in [1.165, 1.54) is 12.1 Å². The zero-order valence-electron chi connectivity index (χ0n) is 20.3. The Morgan fingerprint density at radius 3 is 2.24 bits per heavy atom. The summed E-state index contributed by atoms with van der Waals surface area (Å²) in [5, 5.41) is 9.04. The topological polar surface area (TPSA) is 127 Å². The van der Waals surface area contributed by atoms with Crippen LogP contribution < -0.4 is 10.5 Å². The highest BCUT2D eigenvalue weighted by Gasteiger charge is 2.35. The highest BCUT2D eigenvalue weighted by atomic mass is 16.5.